The number of phenols is 1. The summed E-state index contributed by atoms with van der Waals surface area (Å²) in [6.07, 6.45) is 0. The lowest BCUT2D eigenvalue weighted by molar-refractivity contribution is 0.373. The molecule has 1 aromatic heterocycles. The summed E-state index contributed by atoms with van der Waals surface area (Å²) >= 11 is 0. The summed E-state index contributed by atoms with van der Waals surface area (Å²) in [5.41, 5.74) is 4.58. The second-order valence-electron chi connectivity index (χ2n) is 5.58. The first-order chi connectivity index (χ1) is 11.5. The molecule has 1 heterocycles. The van der Waals surface area contributed by atoms with E-state index in [1.54, 1.807) is 19.2 Å². The molecule has 3 rings (SSSR count). The summed E-state index contributed by atoms with van der Waals surface area (Å²) in [6, 6.07) is 10.9. The van der Waals surface area contributed by atoms with Gasteiger partial charge in [0, 0.05) is 17.2 Å². The normalized spacial score (nSPS) is 10.7. The van der Waals surface area contributed by atoms with Crippen LogP contribution in [-0.4, -0.2) is 24.5 Å². The van der Waals surface area contributed by atoms with E-state index in [-0.39, 0.29) is 5.75 Å². The number of phenolic OH excluding ortho intramolecular Hbond substituents is 1. The summed E-state index contributed by atoms with van der Waals surface area (Å²) in [5.74, 6) is 1.86. The minimum Gasteiger partial charge on any atom is -0.504 e. The second kappa shape index (κ2) is 6.28. The fourth-order valence-electron chi connectivity index (χ4n) is 2.58. The number of hydrogen-bond acceptors (Lipinski definition) is 5. The Hall–Kier alpha value is -2.95. The Labute approximate surface area is 140 Å². The van der Waals surface area contributed by atoms with E-state index >= 15 is 0 Å². The molecule has 2 aromatic carbocycles. The van der Waals surface area contributed by atoms with E-state index < -0.39 is 0 Å². The van der Waals surface area contributed by atoms with Crippen LogP contribution < -0.4 is 9.47 Å². The third-order valence-corrected chi connectivity index (χ3v) is 4.11. The van der Waals surface area contributed by atoms with Crippen molar-refractivity contribution in [3.63, 3.8) is 0 Å². The highest BCUT2D eigenvalue weighted by molar-refractivity contribution is 5.70. The molecule has 3 aromatic rings. The predicted molar refractivity (Wildman–Crippen MR) is 91.6 cm³/mol. The first-order valence-corrected chi connectivity index (χ1v) is 7.53. The molecule has 1 N–H and O–H groups in total. The van der Waals surface area contributed by atoms with Crippen molar-refractivity contribution in [2.75, 3.05) is 14.2 Å². The number of aromatic hydroxyl groups is 1. The van der Waals surface area contributed by atoms with E-state index in [9.17, 15) is 5.11 Å². The van der Waals surface area contributed by atoms with Crippen molar-refractivity contribution in [3.05, 3.63) is 47.5 Å². The van der Waals surface area contributed by atoms with Gasteiger partial charge in [0.25, 0.3) is 0 Å². The highest BCUT2D eigenvalue weighted by Crippen LogP contribution is 2.34. The van der Waals surface area contributed by atoms with Crippen molar-refractivity contribution in [2.45, 2.75) is 13.8 Å². The molecule has 0 radical (unpaired) electrons. The smallest absolute Gasteiger partial charge is 0.167 e. The molecule has 124 valence electrons. The van der Waals surface area contributed by atoms with Gasteiger partial charge in [-0.2, -0.15) is 0 Å². The van der Waals surface area contributed by atoms with Gasteiger partial charge in [0.15, 0.2) is 17.3 Å². The van der Waals surface area contributed by atoms with Crippen molar-refractivity contribution in [1.82, 2.24) is 5.16 Å². The van der Waals surface area contributed by atoms with Gasteiger partial charge in [0.2, 0.25) is 0 Å². The largest absolute Gasteiger partial charge is 0.504 e. The van der Waals surface area contributed by atoms with Crippen LogP contribution in [0, 0.1) is 13.8 Å². The molecule has 0 aliphatic rings. The Kier molecular flexibility index (Phi) is 4.16. The van der Waals surface area contributed by atoms with Gasteiger partial charge < -0.3 is 19.1 Å². The van der Waals surface area contributed by atoms with Crippen LogP contribution in [0.2, 0.25) is 0 Å². The van der Waals surface area contributed by atoms with Crippen LogP contribution >= 0.6 is 0 Å². The molecule has 0 fully saturated rings. The maximum atomic E-state index is 9.91. The van der Waals surface area contributed by atoms with Crippen molar-refractivity contribution >= 4 is 0 Å². The zero-order valence-electron chi connectivity index (χ0n) is 14.1. The SMILES string of the molecule is COc1ccc(-c2cc(-c3cc(C)c(C)c(OC)c3)no2)cc1O. The zero-order valence-corrected chi connectivity index (χ0v) is 14.1. The first kappa shape index (κ1) is 15.9. The molecule has 0 aliphatic heterocycles. The van der Waals surface area contributed by atoms with Crippen molar-refractivity contribution in [1.29, 1.82) is 0 Å². The summed E-state index contributed by atoms with van der Waals surface area (Å²) in [4.78, 5) is 0. The van der Waals surface area contributed by atoms with Gasteiger partial charge in [-0.3, -0.25) is 0 Å². The molecule has 0 amide bonds. The molecule has 0 unspecified atom stereocenters. The van der Waals surface area contributed by atoms with Gasteiger partial charge in [-0.1, -0.05) is 5.16 Å². The van der Waals surface area contributed by atoms with Crippen LogP contribution in [0.15, 0.2) is 40.9 Å². The van der Waals surface area contributed by atoms with E-state index in [0.29, 0.717) is 17.2 Å². The van der Waals surface area contributed by atoms with E-state index in [0.717, 1.165) is 28.0 Å². The fourth-order valence-corrected chi connectivity index (χ4v) is 2.58. The molecular weight excluding hydrogens is 306 g/mol. The molecule has 0 aliphatic carbocycles. The van der Waals surface area contributed by atoms with Gasteiger partial charge >= 0.3 is 0 Å². The van der Waals surface area contributed by atoms with Crippen LogP contribution in [0.4, 0.5) is 0 Å². The molecule has 0 spiro atoms. The van der Waals surface area contributed by atoms with Gasteiger partial charge in [-0.05, 0) is 55.3 Å². The lowest BCUT2D eigenvalue weighted by atomic mass is 10.0. The van der Waals surface area contributed by atoms with Crippen LogP contribution in [0.25, 0.3) is 22.6 Å². The van der Waals surface area contributed by atoms with E-state index in [1.807, 2.05) is 38.1 Å². The monoisotopic (exact) mass is 325 g/mol. The van der Waals surface area contributed by atoms with Crippen LogP contribution in [-0.2, 0) is 0 Å². The van der Waals surface area contributed by atoms with Gasteiger partial charge in [-0.25, -0.2) is 0 Å². The number of hydrogen-bond donors (Lipinski definition) is 1. The lowest BCUT2D eigenvalue weighted by Crippen LogP contribution is -1.91. The Morgan fingerprint density at radius 2 is 1.67 bits per heavy atom. The standard InChI is InChI=1S/C19H19NO4/c1-11-7-14(9-18(23-4)12(11)2)15-10-19(24-20-15)13-5-6-17(22-3)16(21)8-13/h5-10,21H,1-4H3. The third-order valence-electron chi connectivity index (χ3n) is 4.11. The second-order valence-corrected chi connectivity index (χ2v) is 5.58. The van der Waals surface area contributed by atoms with Crippen molar-refractivity contribution < 1.29 is 19.1 Å². The molecule has 0 bridgehead atoms. The zero-order chi connectivity index (χ0) is 17.3. The van der Waals surface area contributed by atoms with E-state index in [1.165, 1.54) is 7.11 Å². The van der Waals surface area contributed by atoms with E-state index in [4.69, 9.17) is 14.0 Å². The molecule has 0 saturated carbocycles. The number of nitrogens with zero attached hydrogens (tertiary/aromatic N) is 1. The predicted octanol–water partition coefficient (Wildman–Crippen LogP) is 4.35. The number of rotatable bonds is 4. The van der Waals surface area contributed by atoms with Crippen molar-refractivity contribution in [3.8, 4) is 39.8 Å². The number of benzene rings is 2. The quantitative estimate of drug-likeness (QED) is 0.772. The Morgan fingerprint density at radius 1 is 0.917 bits per heavy atom. The summed E-state index contributed by atoms with van der Waals surface area (Å²) < 4.78 is 15.9. The van der Waals surface area contributed by atoms with Gasteiger partial charge in [0.05, 0.1) is 14.2 Å². The minimum absolute atomic E-state index is 0.0563. The number of ether oxygens (including phenoxy) is 2. The highest BCUT2D eigenvalue weighted by Gasteiger charge is 2.13. The average Bonchev–Trinajstić information content (AvgIpc) is 3.07. The highest BCUT2D eigenvalue weighted by atomic mass is 16.5. The molecule has 0 saturated heterocycles. The number of aromatic nitrogens is 1. The fraction of sp³-hybridized carbons (Fsp3) is 0.211. The van der Waals surface area contributed by atoms with Gasteiger partial charge in [-0.15, -0.1) is 0 Å². The average molecular weight is 325 g/mol. The molecule has 24 heavy (non-hydrogen) atoms. The molecule has 5 heteroatoms. The Bertz CT molecular complexity index is 883. The summed E-state index contributed by atoms with van der Waals surface area (Å²) in [7, 11) is 3.16. The molecule has 0 atom stereocenters. The first-order valence-electron chi connectivity index (χ1n) is 7.53. The molecular formula is C19H19NO4. The maximum absolute atomic E-state index is 9.91. The van der Waals surface area contributed by atoms with Gasteiger partial charge in [0.1, 0.15) is 11.4 Å². The Morgan fingerprint density at radius 3 is 2.33 bits per heavy atom. The topological polar surface area (TPSA) is 64.7 Å². The lowest BCUT2D eigenvalue weighted by Gasteiger charge is -2.09. The number of aryl methyl sites for hydroxylation is 1. The third kappa shape index (κ3) is 2.80. The maximum Gasteiger partial charge on any atom is 0.167 e. The van der Waals surface area contributed by atoms with Crippen LogP contribution in [0.1, 0.15) is 11.1 Å². The summed E-state index contributed by atoms with van der Waals surface area (Å²) in [5, 5.41) is 14.0. The Balaban J connectivity index is 1.99. The summed E-state index contributed by atoms with van der Waals surface area (Å²) in [6.45, 7) is 4.05. The van der Waals surface area contributed by atoms with Crippen LogP contribution in [0.3, 0.4) is 0 Å². The van der Waals surface area contributed by atoms with E-state index in [2.05, 4.69) is 5.16 Å². The minimum atomic E-state index is 0.0563. The molecule has 5 nitrogen and oxygen atoms in total. The van der Waals surface area contributed by atoms with Crippen molar-refractivity contribution in [2.24, 2.45) is 0 Å². The van der Waals surface area contributed by atoms with Crippen LogP contribution in [0.5, 0.6) is 17.2 Å². The number of methoxy groups -OCH3 is 2.